The Morgan fingerprint density at radius 3 is 2.23 bits per heavy atom. The van der Waals surface area contributed by atoms with Crippen LogP contribution in [0.4, 0.5) is 0 Å². The van der Waals surface area contributed by atoms with Crippen molar-refractivity contribution in [3.8, 4) is 11.1 Å². The fraction of sp³-hybridized carbons (Fsp3) is 0. The first-order chi connectivity index (χ1) is 10.7. The molecule has 0 aliphatic carbocycles. The highest BCUT2D eigenvalue weighted by Gasteiger charge is 2.19. The summed E-state index contributed by atoms with van der Waals surface area (Å²) in [7, 11) is -1.51. The van der Waals surface area contributed by atoms with Crippen molar-refractivity contribution in [2.75, 3.05) is 0 Å². The van der Waals surface area contributed by atoms with E-state index in [1.165, 1.54) is 0 Å². The molecule has 0 aliphatic rings. The first-order valence-electron chi connectivity index (χ1n) is 7.20. The topological polar surface area (TPSA) is 56.2 Å². The molecule has 0 amide bonds. The second-order valence-electron chi connectivity index (χ2n) is 5.40. The first-order valence-corrected chi connectivity index (χ1v) is 7.20. The molecule has 3 N–H and O–H groups in total. The van der Waals surface area contributed by atoms with Crippen LogP contribution in [0.1, 0.15) is 0 Å². The van der Waals surface area contributed by atoms with Crippen molar-refractivity contribution in [3.63, 3.8) is 0 Å². The van der Waals surface area contributed by atoms with E-state index < -0.39 is 7.12 Å². The van der Waals surface area contributed by atoms with E-state index in [0.29, 0.717) is 5.46 Å². The van der Waals surface area contributed by atoms with Crippen LogP contribution in [-0.2, 0) is 0 Å². The van der Waals surface area contributed by atoms with Crippen LogP contribution in [-0.4, -0.2) is 22.2 Å². The third kappa shape index (κ3) is 2.01. The van der Waals surface area contributed by atoms with Crippen molar-refractivity contribution in [3.05, 3.63) is 66.7 Å². The molecule has 0 bridgehead atoms. The largest absolute Gasteiger partial charge is 0.489 e. The number of H-pyrrole nitrogens is 1. The Morgan fingerprint density at radius 2 is 1.45 bits per heavy atom. The number of hydrogen-bond acceptors (Lipinski definition) is 2. The summed E-state index contributed by atoms with van der Waals surface area (Å²) in [5.74, 6) is 0. The van der Waals surface area contributed by atoms with Crippen molar-refractivity contribution >= 4 is 34.4 Å². The second kappa shape index (κ2) is 5.02. The van der Waals surface area contributed by atoms with Gasteiger partial charge in [0.05, 0.1) is 0 Å². The van der Waals surface area contributed by atoms with Gasteiger partial charge in [-0.25, -0.2) is 0 Å². The summed E-state index contributed by atoms with van der Waals surface area (Å²) in [5.41, 5.74) is 4.43. The van der Waals surface area contributed by atoms with E-state index in [-0.39, 0.29) is 0 Å². The van der Waals surface area contributed by atoms with Gasteiger partial charge in [-0.05, 0) is 28.7 Å². The highest BCUT2D eigenvalue weighted by atomic mass is 16.4. The Morgan fingerprint density at radius 1 is 0.727 bits per heavy atom. The molecule has 0 radical (unpaired) electrons. The maximum absolute atomic E-state index is 9.81. The van der Waals surface area contributed by atoms with Gasteiger partial charge in [-0.2, -0.15) is 0 Å². The summed E-state index contributed by atoms with van der Waals surface area (Å²) >= 11 is 0. The van der Waals surface area contributed by atoms with Crippen LogP contribution in [0.2, 0.25) is 0 Å². The monoisotopic (exact) mass is 287 g/mol. The number of aromatic amines is 1. The predicted molar refractivity (Wildman–Crippen MR) is 91.1 cm³/mol. The molecule has 0 unspecified atom stereocenters. The second-order valence-corrected chi connectivity index (χ2v) is 5.40. The molecule has 4 heteroatoms. The van der Waals surface area contributed by atoms with Gasteiger partial charge in [-0.15, -0.1) is 0 Å². The van der Waals surface area contributed by atoms with E-state index in [4.69, 9.17) is 0 Å². The lowest BCUT2D eigenvalue weighted by atomic mass is 9.76. The summed E-state index contributed by atoms with van der Waals surface area (Å²) in [5, 5.41) is 21.5. The molecule has 0 atom stereocenters. The molecular formula is C18H14BNO2. The van der Waals surface area contributed by atoms with E-state index in [1.807, 2.05) is 60.7 Å². The molecule has 106 valence electrons. The quantitative estimate of drug-likeness (QED) is 0.496. The third-order valence-electron chi connectivity index (χ3n) is 4.02. The fourth-order valence-electron chi connectivity index (χ4n) is 3.02. The molecule has 3 nitrogen and oxygen atoms in total. The third-order valence-corrected chi connectivity index (χ3v) is 4.02. The van der Waals surface area contributed by atoms with Crippen LogP contribution in [0.25, 0.3) is 32.9 Å². The van der Waals surface area contributed by atoms with Gasteiger partial charge in [-0.1, -0.05) is 54.6 Å². The lowest BCUT2D eigenvalue weighted by Crippen LogP contribution is -2.30. The molecule has 0 spiro atoms. The first kappa shape index (κ1) is 13.1. The van der Waals surface area contributed by atoms with Crippen LogP contribution in [0.3, 0.4) is 0 Å². The average Bonchev–Trinajstić information content (AvgIpc) is 2.93. The molecule has 0 aliphatic heterocycles. The van der Waals surface area contributed by atoms with Crippen LogP contribution >= 0.6 is 0 Å². The maximum atomic E-state index is 9.81. The molecule has 3 aromatic carbocycles. The summed E-state index contributed by atoms with van der Waals surface area (Å²) in [6.45, 7) is 0. The standard InChI is InChI=1S/C18H14BNO2/c21-19(22)15-10-13(12-6-2-1-3-7-12)11-17-18(15)14-8-4-5-9-16(14)20-17/h1-11,20-22H. The number of hydrogen-bond donors (Lipinski definition) is 3. The lowest BCUT2D eigenvalue weighted by molar-refractivity contribution is 0.426. The maximum Gasteiger partial charge on any atom is 0.489 e. The molecule has 4 aromatic rings. The van der Waals surface area contributed by atoms with Gasteiger partial charge >= 0.3 is 7.12 Å². The van der Waals surface area contributed by atoms with E-state index in [9.17, 15) is 10.0 Å². The highest BCUT2D eigenvalue weighted by Crippen LogP contribution is 2.28. The zero-order valence-electron chi connectivity index (χ0n) is 11.8. The SMILES string of the molecule is OB(O)c1cc(-c2ccccc2)cc2[nH]c3ccccc3c12. The Balaban J connectivity index is 2.09. The minimum absolute atomic E-state index is 0.522. The predicted octanol–water partition coefficient (Wildman–Crippen LogP) is 2.67. The molecule has 22 heavy (non-hydrogen) atoms. The normalized spacial score (nSPS) is 11.2. The number of fused-ring (bicyclic) bond motifs is 3. The van der Waals surface area contributed by atoms with Crippen LogP contribution in [0.5, 0.6) is 0 Å². The summed E-state index contributed by atoms with van der Waals surface area (Å²) in [6, 6.07) is 21.7. The van der Waals surface area contributed by atoms with E-state index in [1.54, 1.807) is 0 Å². The Bertz CT molecular complexity index is 961. The van der Waals surface area contributed by atoms with Crippen LogP contribution in [0, 0.1) is 0 Å². The smallest absolute Gasteiger partial charge is 0.423 e. The molecule has 0 saturated carbocycles. The van der Waals surface area contributed by atoms with Gasteiger partial charge in [0.25, 0.3) is 0 Å². The van der Waals surface area contributed by atoms with Crippen molar-refractivity contribution in [2.24, 2.45) is 0 Å². The van der Waals surface area contributed by atoms with E-state index in [0.717, 1.165) is 32.9 Å². The molecule has 0 fully saturated rings. The van der Waals surface area contributed by atoms with Gasteiger partial charge in [0.15, 0.2) is 0 Å². The summed E-state index contributed by atoms with van der Waals surface area (Å²) in [4.78, 5) is 3.36. The van der Waals surface area contributed by atoms with E-state index >= 15 is 0 Å². The average molecular weight is 287 g/mol. The van der Waals surface area contributed by atoms with Gasteiger partial charge in [-0.3, -0.25) is 0 Å². The fourth-order valence-corrected chi connectivity index (χ4v) is 3.02. The zero-order valence-corrected chi connectivity index (χ0v) is 11.8. The van der Waals surface area contributed by atoms with Crippen molar-refractivity contribution < 1.29 is 10.0 Å². The Kier molecular flexibility index (Phi) is 3.00. The number of aromatic nitrogens is 1. The molecule has 1 heterocycles. The minimum atomic E-state index is -1.51. The molecule has 1 aromatic heterocycles. The minimum Gasteiger partial charge on any atom is -0.423 e. The summed E-state index contributed by atoms with van der Waals surface area (Å²) < 4.78 is 0. The summed E-state index contributed by atoms with van der Waals surface area (Å²) in [6.07, 6.45) is 0. The van der Waals surface area contributed by atoms with Gasteiger partial charge < -0.3 is 15.0 Å². The highest BCUT2D eigenvalue weighted by molar-refractivity contribution is 6.63. The molecule has 0 saturated heterocycles. The number of nitrogens with one attached hydrogen (secondary N) is 1. The number of para-hydroxylation sites is 1. The van der Waals surface area contributed by atoms with Crippen LogP contribution in [0.15, 0.2) is 66.7 Å². The number of rotatable bonds is 2. The van der Waals surface area contributed by atoms with E-state index in [2.05, 4.69) is 11.1 Å². The van der Waals surface area contributed by atoms with Crippen LogP contribution < -0.4 is 5.46 Å². The lowest BCUT2D eigenvalue weighted by Gasteiger charge is -2.08. The molecular weight excluding hydrogens is 273 g/mol. The Labute approximate surface area is 128 Å². The molecule has 4 rings (SSSR count). The van der Waals surface area contributed by atoms with Crippen molar-refractivity contribution in [1.29, 1.82) is 0 Å². The van der Waals surface area contributed by atoms with Gasteiger partial charge in [0.2, 0.25) is 0 Å². The Hall–Kier alpha value is -2.56. The van der Waals surface area contributed by atoms with Gasteiger partial charge in [0.1, 0.15) is 0 Å². The zero-order chi connectivity index (χ0) is 15.1. The van der Waals surface area contributed by atoms with Crippen molar-refractivity contribution in [1.82, 2.24) is 4.98 Å². The number of benzene rings is 3. The van der Waals surface area contributed by atoms with Gasteiger partial charge in [0, 0.05) is 21.8 Å². The van der Waals surface area contributed by atoms with Crippen molar-refractivity contribution in [2.45, 2.75) is 0 Å².